The van der Waals surface area contributed by atoms with Gasteiger partial charge in [-0.05, 0) is 34.1 Å². The second kappa shape index (κ2) is 6.47. The minimum atomic E-state index is -1.39. The van der Waals surface area contributed by atoms with Crippen LogP contribution in [0.1, 0.15) is 5.56 Å². The molecular formula is C12H6Br2NO4S2-. The Morgan fingerprint density at radius 2 is 2.14 bits per heavy atom. The van der Waals surface area contributed by atoms with Gasteiger partial charge in [0.2, 0.25) is 0 Å². The average Bonchev–Trinajstić information content (AvgIpc) is 2.63. The van der Waals surface area contributed by atoms with E-state index >= 15 is 0 Å². The van der Waals surface area contributed by atoms with Crippen LogP contribution in [0.5, 0.6) is 5.75 Å². The summed E-state index contributed by atoms with van der Waals surface area (Å²) in [6.45, 7) is -0.587. The van der Waals surface area contributed by atoms with Crippen molar-refractivity contribution in [1.29, 1.82) is 0 Å². The van der Waals surface area contributed by atoms with Crippen LogP contribution in [0.3, 0.4) is 0 Å². The standard InChI is InChI=1S/C12H7Br2NO4S2/c13-6-1-5(10(18)7(14)3-6)2-8-11(19)15(4-9(16)17)12(20)21-8/h1-3,18H,4H2,(H,16,17)/p-1/b8-2+. The van der Waals surface area contributed by atoms with Crippen LogP contribution >= 0.6 is 55.8 Å². The highest BCUT2D eigenvalue weighted by Gasteiger charge is 2.32. The van der Waals surface area contributed by atoms with E-state index in [-0.39, 0.29) is 15.0 Å². The van der Waals surface area contributed by atoms with Crippen molar-refractivity contribution < 1.29 is 19.8 Å². The van der Waals surface area contributed by atoms with E-state index in [0.717, 1.165) is 16.7 Å². The molecule has 1 heterocycles. The van der Waals surface area contributed by atoms with Crippen LogP contribution in [0.25, 0.3) is 6.08 Å². The molecule has 0 radical (unpaired) electrons. The molecule has 1 aromatic rings. The summed E-state index contributed by atoms with van der Waals surface area (Å²) >= 11 is 12.4. The van der Waals surface area contributed by atoms with E-state index in [1.807, 2.05) is 0 Å². The van der Waals surface area contributed by atoms with Gasteiger partial charge in [0.05, 0.1) is 21.9 Å². The Labute approximate surface area is 146 Å². The first kappa shape index (κ1) is 16.5. The SMILES string of the molecule is O=C([O-])CN1C(=O)/C(=C\c2cc(Br)cc(Br)c2O)SC1=S. The number of thiocarbonyl (C=S) groups is 1. The fraction of sp³-hybridized carbons (Fsp3) is 0.0833. The van der Waals surface area contributed by atoms with Crippen LogP contribution < -0.4 is 5.11 Å². The quantitative estimate of drug-likeness (QED) is 0.558. The lowest BCUT2D eigenvalue weighted by molar-refractivity contribution is -0.305. The molecule has 0 spiro atoms. The molecule has 1 aliphatic heterocycles. The largest absolute Gasteiger partial charge is 0.548 e. The zero-order valence-electron chi connectivity index (χ0n) is 10.1. The molecule has 1 aliphatic rings. The Bertz CT molecular complexity index is 690. The number of hydrogen-bond donors (Lipinski definition) is 1. The van der Waals surface area contributed by atoms with Crippen LogP contribution in [0.2, 0.25) is 0 Å². The van der Waals surface area contributed by atoms with Gasteiger partial charge in [-0.1, -0.05) is 39.9 Å². The van der Waals surface area contributed by atoms with E-state index in [1.54, 1.807) is 12.1 Å². The van der Waals surface area contributed by atoms with Crippen LogP contribution in [-0.2, 0) is 9.59 Å². The van der Waals surface area contributed by atoms with E-state index in [0.29, 0.717) is 14.5 Å². The molecule has 0 unspecified atom stereocenters. The van der Waals surface area contributed by atoms with Crippen molar-refractivity contribution in [2.75, 3.05) is 6.54 Å². The summed E-state index contributed by atoms with van der Waals surface area (Å²) < 4.78 is 1.32. The number of carboxylic acid groups (broad SMARTS) is 1. The average molecular weight is 452 g/mol. The molecule has 1 fully saturated rings. The number of hydrogen-bond acceptors (Lipinski definition) is 6. The van der Waals surface area contributed by atoms with Crippen molar-refractivity contribution in [2.24, 2.45) is 0 Å². The molecule has 9 heteroatoms. The van der Waals surface area contributed by atoms with Crippen molar-refractivity contribution in [3.8, 4) is 5.75 Å². The molecule has 0 saturated carbocycles. The lowest BCUT2D eigenvalue weighted by atomic mass is 10.2. The Morgan fingerprint density at radius 3 is 2.76 bits per heavy atom. The summed E-state index contributed by atoms with van der Waals surface area (Å²) in [5.74, 6) is -1.94. The van der Waals surface area contributed by atoms with Crippen molar-refractivity contribution in [2.45, 2.75) is 0 Å². The number of carbonyl (C=O) groups excluding carboxylic acids is 2. The minimum Gasteiger partial charge on any atom is -0.548 e. The molecule has 0 aliphatic carbocycles. The minimum absolute atomic E-state index is 0.0247. The highest BCUT2D eigenvalue weighted by molar-refractivity contribution is 9.11. The number of nitrogens with zero attached hydrogens (tertiary/aromatic N) is 1. The predicted octanol–water partition coefficient (Wildman–Crippen LogP) is 1.87. The third-order valence-electron chi connectivity index (χ3n) is 2.51. The zero-order chi connectivity index (χ0) is 15.7. The van der Waals surface area contributed by atoms with Gasteiger partial charge in [-0.25, -0.2) is 0 Å². The van der Waals surface area contributed by atoms with E-state index in [1.165, 1.54) is 6.08 Å². The van der Waals surface area contributed by atoms with Crippen LogP contribution in [0, 0.1) is 0 Å². The second-order valence-corrected chi connectivity index (χ2v) is 7.41. The number of thioether (sulfide) groups is 1. The number of halogens is 2. The van der Waals surface area contributed by atoms with Crippen LogP contribution in [-0.4, -0.2) is 32.7 Å². The smallest absolute Gasteiger partial charge is 0.266 e. The van der Waals surface area contributed by atoms with Gasteiger partial charge in [-0.15, -0.1) is 0 Å². The van der Waals surface area contributed by atoms with Crippen LogP contribution in [0.4, 0.5) is 0 Å². The summed E-state index contributed by atoms with van der Waals surface area (Å²) in [7, 11) is 0. The number of carbonyl (C=O) groups is 2. The topological polar surface area (TPSA) is 80.7 Å². The number of amides is 1. The van der Waals surface area contributed by atoms with Gasteiger partial charge in [0, 0.05) is 10.0 Å². The molecular weight excluding hydrogens is 446 g/mol. The van der Waals surface area contributed by atoms with Crippen molar-refractivity contribution in [3.05, 3.63) is 31.5 Å². The molecule has 0 atom stereocenters. The highest BCUT2D eigenvalue weighted by Crippen LogP contribution is 2.37. The molecule has 1 saturated heterocycles. The van der Waals surface area contributed by atoms with Gasteiger partial charge in [-0.3, -0.25) is 9.69 Å². The Morgan fingerprint density at radius 1 is 1.48 bits per heavy atom. The van der Waals surface area contributed by atoms with Gasteiger partial charge >= 0.3 is 0 Å². The Kier molecular flexibility index (Phi) is 5.07. The molecule has 1 amide bonds. The number of aromatic hydroxyl groups is 1. The van der Waals surface area contributed by atoms with Gasteiger partial charge in [0.1, 0.15) is 10.1 Å². The fourth-order valence-electron chi connectivity index (χ4n) is 1.60. The molecule has 1 N–H and O–H groups in total. The lowest BCUT2D eigenvalue weighted by Crippen LogP contribution is -2.40. The number of phenols is 1. The molecule has 21 heavy (non-hydrogen) atoms. The summed E-state index contributed by atoms with van der Waals surface area (Å²) in [4.78, 5) is 23.9. The van der Waals surface area contributed by atoms with E-state index in [4.69, 9.17) is 12.2 Å². The molecule has 2 rings (SSSR count). The number of phenolic OH excluding ortho intramolecular Hbond substituents is 1. The second-order valence-electron chi connectivity index (χ2n) is 3.97. The van der Waals surface area contributed by atoms with E-state index in [2.05, 4.69) is 31.9 Å². The Balaban J connectivity index is 2.37. The third-order valence-corrected chi connectivity index (χ3v) is 4.95. The first-order valence-corrected chi connectivity index (χ1v) is 8.24. The fourth-order valence-corrected chi connectivity index (χ4v) is 4.11. The third kappa shape index (κ3) is 3.65. The summed E-state index contributed by atoms with van der Waals surface area (Å²) in [6, 6.07) is 3.29. The van der Waals surface area contributed by atoms with E-state index < -0.39 is 18.4 Å². The van der Waals surface area contributed by atoms with Crippen molar-refractivity contribution >= 4 is 78.1 Å². The van der Waals surface area contributed by atoms with Gasteiger partial charge in [0.25, 0.3) is 5.91 Å². The maximum Gasteiger partial charge on any atom is 0.266 e. The molecule has 5 nitrogen and oxygen atoms in total. The maximum atomic E-state index is 12.1. The number of aliphatic carboxylic acids is 1. The number of rotatable bonds is 3. The summed E-state index contributed by atoms with van der Waals surface area (Å²) in [5, 5.41) is 20.6. The van der Waals surface area contributed by atoms with Crippen molar-refractivity contribution in [1.82, 2.24) is 4.90 Å². The van der Waals surface area contributed by atoms with Gasteiger partial charge in [-0.2, -0.15) is 0 Å². The van der Waals surface area contributed by atoms with Gasteiger partial charge < -0.3 is 15.0 Å². The molecule has 110 valence electrons. The zero-order valence-corrected chi connectivity index (χ0v) is 14.9. The normalized spacial score (nSPS) is 16.9. The maximum absolute atomic E-state index is 12.1. The predicted molar refractivity (Wildman–Crippen MR) is 88.4 cm³/mol. The lowest BCUT2D eigenvalue weighted by Gasteiger charge is -2.14. The number of benzene rings is 1. The van der Waals surface area contributed by atoms with Gasteiger partial charge in [0.15, 0.2) is 0 Å². The first-order chi connectivity index (χ1) is 9.79. The molecule has 0 aromatic heterocycles. The highest BCUT2D eigenvalue weighted by atomic mass is 79.9. The summed E-state index contributed by atoms with van der Waals surface area (Å²) in [5.41, 5.74) is 0.408. The molecule has 1 aromatic carbocycles. The van der Waals surface area contributed by atoms with Crippen LogP contribution in [0.15, 0.2) is 26.0 Å². The van der Waals surface area contributed by atoms with E-state index in [9.17, 15) is 19.8 Å². The number of carboxylic acids is 1. The monoisotopic (exact) mass is 450 g/mol. The Hall–Kier alpha value is -0.900. The summed E-state index contributed by atoms with van der Waals surface area (Å²) in [6.07, 6.45) is 1.46. The van der Waals surface area contributed by atoms with Crippen molar-refractivity contribution in [3.63, 3.8) is 0 Å². The first-order valence-electron chi connectivity index (χ1n) is 5.43. The molecule has 0 bridgehead atoms.